The van der Waals surface area contributed by atoms with Gasteiger partial charge >= 0.3 is 4.87 Å². The van der Waals surface area contributed by atoms with Gasteiger partial charge in [0.15, 0.2) is 0 Å². The standard InChI is InChI=1S/C20H20ClN3O4S2/c1-2-24-17-8-5-13(11-18(17)29-20(24)26)22-19(25)15-12-14(6-7-16(15)21)30(27,28)23-9-3-4-10-23/h5-8,11-12H,2-4,9-10H2,1H3,(H,22,25). The van der Waals surface area contributed by atoms with E-state index in [1.165, 1.54) is 22.5 Å². The van der Waals surface area contributed by atoms with Gasteiger partial charge in [0, 0.05) is 25.3 Å². The van der Waals surface area contributed by atoms with Crippen LogP contribution in [0, 0.1) is 0 Å². The molecule has 0 unspecified atom stereocenters. The molecule has 1 aliphatic heterocycles. The number of nitrogens with one attached hydrogen (secondary N) is 1. The van der Waals surface area contributed by atoms with Crippen LogP contribution in [0.25, 0.3) is 10.2 Å². The van der Waals surface area contributed by atoms with Gasteiger partial charge in [-0.1, -0.05) is 22.9 Å². The summed E-state index contributed by atoms with van der Waals surface area (Å²) in [6.45, 7) is 3.42. The number of carbonyl (C=O) groups excluding carboxylic acids is 1. The molecule has 1 saturated heterocycles. The molecular weight excluding hydrogens is 446 g/mol. The van der Waals surface area contributed by atoms with Crippen LogP contribution < -0.4 is 10.2 Å². The van der Waals surface area contributed by atoms with Crippen molar-refractivity contribution >= 4 is 54.8 Å². The number of aromatic nitrogens is 1. The lowest BCUT2D eigenvalue weighted by molar-refractivity contribution is 0.102. The van der Waals surface area contributed by atoms with E-state index in [-0.39, 0.29) is 20.4 Å². The van der Waals surface area contributed by atoms with Gasteiger partial charge in [0.2, 0.25) is 10.0 Å². The maximum absolute atomic E-state index is 12.8. The highest BCUT2D eigenvalue weighted by Gasteiger charge is 2.28. The zero-order valence-electron chi connectivity index (χ0n) is 16.2. The van der Waals surface area contributed by atoms with Crippen LogP contribution in [-0.4, -0.2) is 36.3 Å². The number of nitrogens with zero attached hydrogens (tertiary/aromatic N) is 2. The van der Waals surface area contributed by atoms with Crippen molar-refractivity contribution in [3.05, 3.63) is 56.7 Å². The molecule has 0 aliphatic carbocycles. The van der Waals surface area contributed by atoms with Gasteiger partial charge in [-0.05, 0) is 56.2 Å². The fourth-order valence-corrected chi connectivity index (χ4v) is 6.30. The van der Waals surface area contributed by atoms with E-state index in [1.54, 1.807) is 22.8 Å². The van der Waals surface area contributed by atoms with E-state index in [0.717, 1.165) is 34.4 Å². The zero-order valence-corrected chi connectivity index (χ0v) is 18.6. The first-order chi connectivity index (χ1) is 14.3. The van der Waals surface area contributed by atoms with Gasteiger partial charge in [-0.2, -0.15) is 4.31 Å². The first kappa shape index (κ1) is 21.0. The van der Waals surface area contributed by atoms with Crippen LogP contribution in [-0.2, 0) is 16.6 Å². The van der Waals surface area contributed by atoms with Crippen LogP contribution >= 0.6 is 22.9 Å². The Labute approximate surface area is 182 Å². The third kappa shape index (κ3) is 3.78. The molecule has 1 aliphatic rings. The molecule has 0 bridgehead atoms. The van der Waals surface area contributed by atoms with Crippen molar-refractivity contribution in [3.8, 4) is 0 Å². The Bertz CT molecular complexity index is 1290. The van der Waals surface area contributed by atoms with Gasteiger partial charge in [0.25, 0.3) is 5.91 Å². The summed E-state index contributed by atoms with van der Waals surface area (Å²) in [5.41, 5.74) is 1.39. The molecule has 10 heteroatoms. The van der Waals surface area contributed by atoms with Crippen molar-refractivity contribution in [2.24, 2.45) is 0 Å². The predicted octanol–water partition coefficient (Wildman–Crippen LogP) is 3.77. The number of sulfonamides is 1. The van der Waals surface area contributed by atoms with E-state index in [4.69, 9.17) is 11.6 Å². The van der Waals surface area contributed by atoms with Crippen molar-refractivity contribution < 1.29 is 13.2 Å². The summed E-state index contributed by atoms with van der Waals surface area (Å²) < 4.78 is 29.5. The van der Waals surface area contributed by atoms with Crippen LogP contribution in [0.1, 0.15) is 30.1 Å². The van der Waals surface area contributed by atoms with Gasteiger partial charge < -0.3 is 5.32 Å². The van der Waals surface area contributed by atoms with E-state index < -0.39 is 15.9 Å². The number of halogens is 1. The van der Waals surface area contributed by atoms with E-state index in [1.807, 2.05) is 6.92 Å². The number of hydrogen-bond acceptors (Lipinski definition) is 5. The molecule has 4 rings (SSSR count). The van der Waals surface area contributed by atoms with Crippen molar-refractivity contribution in [1.82, 2.24) is 8.87 Å². The fraction of sp³-hybridized carbons (Fsp3) is 0.300. The van der Waals surface area contributed by atoms with Crippen molar-refractivity contribution in [2.45, 2.75) is 31.2 Å². The zero-order chi connectivity index (χ0) is 21.5. The van der Waals surface area contributed by atoms with Crippen molar-refractivity contribution in [3.63, 3.8) is 0 Å². The van der Waals surface area contributed by atoms with Crippen LogP contribution in [0.3, 0.4) is 0 Å². The summed E-state index contributed by atoms with van der Waals surface area (Å²) in [5.74, 6) is -0.514. The third-order valence-corrected chi connectivity index (χ3v) is 8.29. The second-order valence-electron chi connectivity index (χ2n) is 7.00. The SMILES string of the molecule is CCn1c(=O)sc2cc(NC(=O)c3cc(S(=O)(=O)N4CCCC4)ccc3Cl)ccc21. The second-order valence-corrected chi connectivity index (χ2v) is 10.3. The molecule has 0 spiro atoms. The number of amides is 1. The molecule has 0 radical (unpaired) electrons. The number of anilines is 1. The van der Waals surface area contributed by atoms with Crippen LogP contribution in [0.2, 0.25) is 5.02 Å². The Morgan fingerprint density at radius 2 is 1.90 bits per heavy atom. The number of fused-ring (bicyclic) bond motifs is 1. The topological polar surface area (TPSA) is 88.5 Å². The molecule has 0 saturated carbocycles. The Morgan fingerprint density at radius 1 is 1.17 bits per heavy atom. The normalized spacial score (nSPS) is 15.0. The lowest BCUT2D eigenvalue weighted by atomic mass is 10.2. The van der Waals surface area contributed by atoms with Crippen molar-refractivity contribution in [1.29, 1.82) is 0 Å². The lowest BCUT2D eigenvalue weighted by Gasteiger charge is -2.16. The molecule has 1 N–H and O–H groups in total. The summed E-state index contributed by atoms with van der Waals surface area (Å²) in [6, 6.07) is 9.37. The number of hydrogen-bond donors (Lipinski definition) is 1. The van der Waals surface area contributed by atoms with Gasteiger partial charge in [0.05, 0.1) is 25.7 Å². The summed E-state index contributed by atoms with van der Waals surface area (Å²) in [5, 5.41) is 2.91. The lowest BCUT2D eigenvalue weighted by Crippen LogP contribution is -2.28. The minimum Gasteiger partial charge on any atom is -0.322 e. The molecule has 1 amide bonds. The summed E-state index contributed by atoms with van der Waals surface area (Å²) in [7, 11) is -3.66. The Balaban J connectivity index is 1.63. The molecule has 0 atom stereocenters. The highest BCUT2D eigenvalue weighted by atomic mass is 35.5. The Kier molecular flexibility index (Phi) is 5.71. The molecular formula is C20H20ClN3O4S2. The highest BCUT2D eigenvalue weighted by molar-refractivity contribution is 7.89. The Hall–Kier alpha value is -2.20. The number of carbonyl (C=O) groups is 1. The summed E-state index contributed by atoms with van der Waals surface area (Å²) in [4.78, 5) is 24.8. The minimum atomic E-state index is -3.66. The van der Waals surface area contributed by atoms with Gasteiger partial charge in [-0.3, -0.25) is 14.2 Å². The van der Waals surface area contributed by atoms with E-state index >= 15 is 0 Å². The van der Waals surface area contributed by atoms with Crippen molar-refractivity contribution in [2.75, 3.05) is 18.4 Å². The quantitative estimate of drug-likeness (QED) is 0.621. The van der Waals surface area contributed by atoms with Crippen LogP contribution in [0.15, 0.2) is 46.1 Å². The van der Waals surface area contributed by atoms with E-state index in [2.05, 4.69) is 5.32 Å². The largest absolute Gasteiger partial charge is 0.322 e. The molecule has 1 aromatic heterocycles. The number of aryl methyl sites for hydroxylation is 1. The Morgan fingerprint density at radius 3 is 2.60 bits per heavy atom. The summed E-state index contributed by atoms with van der Waals surface area (Å²) in [6.07, 6.45) is 1.66. The molecule has 30 heavy (non-hydrogen) atoms. The highest BCUT2D eigenvalue weighted by Crippen LogP contribution is 2.27. The summed E-state index contributed by atoms with van der Waals surface area (Å²) >= 11 is 7.30. The molecule has 158 valence electrons. The third-order valence-electron chi connectivity index (χ3n) is 5.13. The minimum absolute atomic E-state index is 0.0487. The van der Waals surface area contributed by atoms with Gasteiger partial charge in [0.1, 0.15) is 0 Å². The fourth-order valence-electron chi connectivity index (χ4n) is 3.56. The molecule has 1 fully saturated rings. The number of rotatable bonds is 5. The number of benzene rings is 2. The van der Waals surface area contributed by atoms with Gasteiger partial charge in [-0.15, -0.1) is 0 Å². The molecule has 2 heterocycles. The monoisotopic (exact) mass is 465 g/mol. The van der Waals surface area contributed by atoms with E-state index in [9.17, 15) is 18.0 Å². The van der Waals surface area contributed by atoms with Crippen LogP contribution in [0.5, 0.6) is 0 Å². The number of thiazole rings is 1. The first-order valence-corrected chi connectivity index (χ1v) is 12.2. The van der Waals surface area contributed by atoms with E-state index in [0.29, 0.717) is 25.3 Å². The van der Waals surface area contributed by atoms with Crippen LogP contribution in [0.4, 0.5) is 5.69 Å². The molecule has 7 nitrogen and oxygen atoms in total. The average Bonchev–Trinajstić information content (AvgIpc) is 3.35. The molecule has 2 aromatic carbocycles. The average molecular weight is 466 g/mol. The van der Waals surface area contributed by atoms with Gasteiger partial charge in [-0.25, -0.2) is 8.42 Å². The second kappa shape index (κ2) is 8.14. The predicted molar refractivity (Wildman–Crippen MR) is 119 cm³/mol. The first-order valence-electron chi connectivity index (χ1n) is 9.55. The smallest absolute Gasteiger partial charge is 0.308 e. The maximum Gasteiger partial charge on any atom is 0.308 e. The molecule has 3 aromatic rings. The maximum atomic E-state index is 12.8.